The predicted molar refractivity (Wildman–Crippen MR) is 86.2 cm³/mol. The van der Waals surface area contributed by atoms with E-state index < -0.39 is 0 Å². The Morgan fingerprint density at radius 2 is 1.38 bits per heavy atom. The summed E-state index contributed by atoms with van der Waals surface area (Å²) in [5.74, 6) is 0. The standard InChI is InChI=1S/C19H23NO/c1-3-7-16(8-4-1)11-13-18-15-21-19(20-18)14-12-17-9-5-2-6-10-17/h1-10,18-20H,11-15H2/t18-,19+/m0/s1. The van der Waals surface area contributed by atoms with Crippen LogP contribution in [0, 0.1) is 0 Å². The van der Waals surface area contributed by atoms with Crippen molar-refractivity contribution in [1.82, 2.24) is 5.32 Å². The van der Waals surface area contributed by atoms with Crippen LogP contribution < -0.4 is 5.32 Å². The van der Waals surface area contributed by atoms with Gasteiger partial charge in [-0.3, -0.25) is 5.32 Å². The quantitative estimate of drug-likeness (QED) is 0.874. The van der Waals surface area contributed by atoms with Crippen molar-refractivity contribution in [1.29, 1.82) is 0 Å². The summed E-state index contributed by atoms with van der Waals surface area (Å²) >= 11 is 0. The van der Waals surface area contributed by atoms with E-state index in [0.29, 0.717) is 6.04 Å². The first-order chi connectivity index (χ1) is 10.4. The molecular weight excluding hydrogens is 258 g/mol. The molecule has 1 aliphatic rings. The lowest BCUT2D eigenvalue weighted by molar-refractivity contribution is 0.0934. The minimum atomic E-state index is 0.214. The van der Waals surface area contributed by atoms with E-state index in [4.69, 9.17) is 4.74 Å². The van der Waals surface area contributed by atoms with Crippen LogP contribution in [0.2, 0.25) is 0 Å². The molecule has 0 radical (unpaired) electrons. The Morgan fingerprint density at radius 1 is 0.810 bits per heavy atom. The highest BCUT2D eigenvalue weighted by molar-refractivity contribution is 5.15. The molecule has 21 heavy (non-hydrogen) atoms. The summed E-state index contributed by atoms with van der Waals surface area (Å²) in [7, 11) is 0. The van der Waals surface area contributed by atoms with Crippen LogP contribution in [0.15, 0.2) is 60.7 Å². The topological polar surface area (TPSA) is 21.3 Å². The van der Waals surface area contributed by atoms with Gasteiger partial charge < -0.3 is 4.74 Å². The zero-order valence-electron chi connectivity index (χ0n) is 12.4. The molecule has 0 aromatic heterocycles. The van der Waals surface area contributed by atoms with Gasteiger partial charge in [0.2, 0.25) is 0 Å². The molecule has 0 amide bonds. The number of nitrogens with one attached hydrogen (secondary N) is 1. The lowest BCUT2D eigenvalue weighted by Crippen LogP contribution is -2.31. The SMILES string of the molecule is c1ccc(CC[C@H]2CO[C@H](CCc3ccccc3)N2)cc1. The van der Waals surface area contributed by atoms with E-state index in [9.17, 15) is 0 Å². The Morgan fingerprint density at radius 3 is 2.00 bits per heavy atom. The van der Waals surface area contributed by atoms with Crippen molar-refractivity contribution in [2.75, 3.05) is 6.61 Å². The van der Waals surface area contributed by atoms with E-state index in [1.54, 1.807) is 0 Å². The van der Waals surface area contributed by atoms with Gasteiger partial charge in [0.25, 0.3) is 0 Å². The lowest BCUT2D eigenvalue weighted by atomic mass is 10.1. The number of aryl methyl sites for hydroxylation is 2. The molecule has 2 aromatic carbocycles. The van der Waals surface area contributed by atoms with Crippen LogP contribution in [0.3, 0.4) is 0 Å². The van der Waals surface area contributed by atoms with E-state index >= 15 is 0 Å². The van der Waals surface area contributed by atoms with Crippen molar-refractivity contribution in [3.8, 4) is 0 Å². The summed E-state index contributed by atoms with van der Waals surface area (Å²) in [4.78, 5) is 0. The van der Waals surface area contributed by atoms with Crippen LogP contribution in [0.1, 0.15) is 24.0 Å². The molecule has 2 atom stereocenters. The summed E-state index contributed by atoms with van der Waals surface area (Å²) in [6.07, 6.45) is 4.60. The maximum Gasteiger partial charge on any atom is 0.108 e. The summed E-state index contributed by atoms with van der Waals surface area (Å²) < 4.78 is 5.86. The molecule has 0 unspecified atom stereocenters. The van der Waals surface area contributed by atoms with Gasteiger partial charge in [-0.25, -0.2) is 0 Å². The number of benzene rings is 2. The number of ether oxygens (including phenoxy) is 1. The Hall–Kier alpha value is -1.64. The molecular formula is C19H23NO. The minimum Gasteiger partial charge on any atom is -0.362 e. The molecule has 2 heteroatoms. The Bertz CT molecular complexity index is 476. The molecule has 0 spiro atoms. The van der Waals surface area contributed by atoms with Gasteiger partial charge in [0.1, 0.15) is 6.23 Å². The Balaban J connectivity index is 1.39. The lowest BCUT2D eigenvalue weighted by Gasteiger charge is -2.12. The van der Waals surface area contributed by atoms with Crippen LogP contribution in [-0.2, 0) is 17.6 Å². The molecule has 1 fully saturated rings. The Labute approximate surface area is 127 Å². The van der Waals surface area contributed by atoms with Gasteiger partial charge in [0.15, 0.2) is 0 Å². The largest absolute Gasteiger partial charge is 0.362 e. The maximum absolute atomic E-state index is 5.86. The first-order valence-corrected chi connectivity index (χ1v) is 7.85. The van der Waals surface area contributed by atoms with Gasteiger partial charge in [-0.2, -0.15) is 0 Å². The third-order valence-corrected chi connectivity index (χ3v) is 4.08. The average Bonchev–Trinajstić information content (AvgIpc) is 3.01. The third-order valence-electron chi connectivity index (χ3n) is 4.08. The minimum absolute atomic E-state index is 0.214. The molecule has 0 aliphatic carbocycles. The van der Waals surface area contributed by atoms with Crippen LogP contribution >= 0.6 is 0 Å². The normalized spacial score (nSPS) is 21.5. The highest BCUT2D eigenvalue weighted by Gasteiger charge is 2.23. The summed E-state index contributed by atoms with van der Waals surface area (Å²) in [5, 5.41) is 3.61. The number of hydrogen-bond donors (Lipinski definition) is 1. The predicted octanol–water partition coefficient (Wildman–Crippen LogP) is 3.57. The van der Waals surface area contributed by atoms with Crippen molar-refractivity contribution in [2.45, 2.75) is 38.0 Å². The number of rotatable bonds is 6. The third kappa shape index (κ3) is 4.42. The van der Waals surface area contributed by atoms with E-state index in [1.807, 2.05) is 0 Å². The molecule has 3 rings (SSSR count). The monoisotopic (exact) mass is 281 g/mol. The van der Waals surface area contributed by atoms with Gasteiger partial charge >= 0.3 is 0 Å². The highest BCUT2D eigenvalue weighted by atomic mass is 16.5. The fourth-order valence-corrected chi connectivity index (χ4v) is 2.85. The number of hydrogen-bond acceptors (Lipinski definition) is 2. The second-order valence-corrected chi connectivity index (χ2v) is 5.73. The van der Waals surface area contributed by atoms with Crippen molar-refractivity contribution in [3.63, 3.8) is 0 Å². The molecule has 0 bridgehead atoms. The average molecular weight is 281 g/mol. The van der Waals surface area contributed by atoms with Gasteiger partial charge in [0, 0.05) is 6.04 Å². The first-order valence-electron chi connectivity index (χ1n) is 7.85. The zero-order valence-corrected chi connectivity index (χ0v) is 12.4. The second kappa shape index (κ2) is 7.39. The summed E-state index contributed by atoms with van der Waals surface area (Å²) in [6, 6.07) is 21.8. The molecule has 1 saturated heterocycles. The van der Waals surface area contributed by atoms with E-state index in [2.05, 4.69) is 66.0 Å². The van der Waals surface area contributed by atoms with E-state index in [1.165, 1.54) is 11.1 Å². The van der Waals surface area contributed by atoms with Crippen LogP contribution in [-0.4, -0.2) is 18.9 Å². The van der Waals surface area contributed by atoms with Gasteiger partial charge in [-0.1, -0.05) is 60.7 Å². The molecule has 0 saturated carbocycles. The van der Waals surface area contributed by atoms with Crippen LogP contribution in [0.4, 0.5) is 0 Å². The first kappa shape index (κ1) is 14.3. The molecule has 110 valence electrons. The highest BCUT2D eigenvalue weighted by Crippen LogP contribution is 2.14. The maximum atomic E-state index is 5.86. The fourth-order valence-electron chi connectivity index (χ4n) is 2.85. The van der Waals surface area contributed by atoms with Crippen molar-refractivity contribution in [2.24, 2.45) is 0 Å². The zero-order chi connectivity index (χ0) is 14.3. The molecule has 1 aliphatic heterocycles. The van der Waals surface area contributed by atoms with Crippen LogP contribution in [0.5, 0.6) is 0 Å². The van der Waals surface area contributed by atoms with Gasteiger partial charge in [-0.15, -0.1) is 0 Å². The molecule has 2 aromatic rings. The van der Waals surface area contributed by atoms with Crippen molar-refractivity contribution in [3.05, 3.63) is 71.8 Å². The Kier molecular flexibility index (Phi) is 5.03. The molecule has 2 nitrogen and oxygen atoms in total. The van der Waals surface area contributed by atoms with Gasteiger partial charge in [-0.05, 0) is 36.8 Å². The van der Waals surface area contributed by atoms with Crippen molar-refractivity contribution < 1.29 is 4.74 Å². The second-order valence-electron chi connectivity index (χ2n) is 5.73. The molecule has 1 N–H and O–H groups in total. The van der Waals surface area contributed by atoms with Gasteiger partial charge in [0.05, 0.1) is 6.61 Å². The van der Waals surface area contributed by atoms with E-state index in [0.717, 1.165) is 32.3 Å². The summed E-state index contributed by atoms with van der Waals surface area (Å²) in [6.45, 7) is 0.840. The molecule has 1 heterocycles. The van der Waals surface area contributed by atoms with E-state index in [-0.39, 0.29) is 6.23 Å². The van der Waals surface area contributed by atoms with Crippen molar-refractivity contribution >= 4 is 0 Å². The summed E-state index contributed by atoms with van der Waals surface area (Å²) in [5.41, 5.74) is 2.79. The smallest absolute Gasteiger partial charge is 0.108 e. The fraction of sp³-hybridized carbons (Fsp3) is 0.368. The van der Waals surface area contributed by atoms with Crippen LogP contribution in [0.25, 0.3) is 0 Å².